The molecule has 3 aliphatic rings. The quantitative estimate of drug-likeness (QED) is 0.0862. The van der Waals surface area contributed by atoms with Crippen LogP contribution >= 0.6 is 0 Å². The molecule has 0 aromatic rings. The summed E-state index contributed by atoms with van der Waals surface area (Å²) < 4.78 is 27.4. The van der Waals surface area contributed by atoms with E-state index in [1.54, 1.807) is 0 Å². The number of aliphatic hydroxyl groups is 6. The van der Waals surface area contributed by atoms with Crippen molar-refractivity contribution in [1.82, 2.24) is 0 Å². The minimum atomic E-state index is -1.73. The molecule has 0 aromatic heterocycles. The molecule has 3 fully saturated rings. The Labute approximate surface area is 198 Å². The van der Waals surface area contributed by atoms with Crippen LogP contribution in [0.3, 0.4) is 0 Å². The summed E-state index contributed by atoms with van der Waals surface area (Å²) in [7, 11) is 0. The Balaban J connectivity index is 1.73. The Morgan fingerprint density at radius 1 is 0.714 bits per heavy atom. The van der Waals surface area contributed by atoms with E-state index in [1.807, 2.05) is 0 Å². The molecular formula is C17H33N7O11. The molecule has 0 amide bonds. The van der Waals surface area contributed by atoms with E-state index in [4.69, 9.17) is 52.2 Å². The van der Waals surface area contributed by atoms with Crippen molar-refractivity contribution in [2.24, 2.45) is 28.0 Å². The number of hydrogen-bond donors (Lipinski definition) is 10. The molecule has 18 heteroatoms. The largest absolute Gasteiger partial charge is 0.389 e. The van der Waals surface area contributed by atoms with E-state index in [0.29, 0.717) is 0 Å². The molecule has 3 aliphatic heterocycles. The first-order chi connectivity index (χ1) is 16.5. The lowest BCUT2D eigenvalue weighted by Gasteiger charge is -2.47. The van der Waals surface area contributed by atoms with E-state index in [1.165, 1.54) is 0 Å². The molecule has 3 saturated heterocycles. The Kier molecular flexibility index (Phi) is 9.57. The first kappa shape index (κ1) is 28.3. The summed E-state index contributed by atoms with van der Waals surface area (Å²) in [6.07, 6.45) is -20.4. The molecule has 3 rings (SSSR count). The van der Waals surface area contributed by atoms with Gasteiger partial charge in [-0.25, -0.2) is 0 Å². The average molecular weight is 511 g/mol. The zero-order valence-corrected chi connectivity index (χ0v) is 18.5. The van der Waals surface area contributed by atoms with Crippen molar-refractivity contribution in [3.8, 4) is 0 Å². The highest BCUT2D eigenvalue weighted by atomic mass is 16.7. The second-order valence-corrected chi connectivity index (χ2v) is 8.52. The van der Waals surface area contributed by atoms with Crippen LogP contribution in [0.4, 0.5) is 0 Å². The average Bonchev–Trinajstić information content (AvgIpc) is 2.83. The summed E-state index contributed by atoms with van der Waals surface area (Å²) in [5.41, 5.74) is 31.7. The lowest BCUT2D eigenvalue weighted by molar-refractivity contribution is -0.355. The number of nitrogens with zero attached hydrogens (tertiary/aromatic N) is 3. The standard InChI is InChI=1S/C17H33N7O11/c18-1-3-7(26)9(28)10(29)17(31-3)34-13-11(30)12(14(20)35-15(13)21)33-16-8(27)5(19)6(25)4(32-16)2-23-24-22/h3-17,25-30H,1-2,18-21H2/t3?,4?,5-,6-,7-,8?,9+,10?,11?,12+,13+,14-,15?,16-,17-/m1/s1. The Bertz CT molecular complexity index is 749. The predicted molar refractivity (Wildman–Crippen MR) is 111 cm³/mol. The van der Waals surface area contributed by atoms with Crippen LogP contribution in [-0.4, -0.2) is 136 Å². The summed E-state index contributed by atoms with van der Waals surface area (Å²) in [6, 6.07) is -1.26. The molecule has 14 N–H and O–H groups in total. The topological polar surface area (TPSA) is 320 Å². The van der Waals surface area contributed by atoms with Crippen LogP contribution < -0.4 is 22.9 Å². The second-order valence-electron chi connectivity index (χ2n) is 8.52. The monoisotopic (exact) mass is 511 g/mol. The van der Waals surface area contributed by atoms with Crippen molar-refractivity contribution >= 4 is 0 Å². The van der Waals surface area contributed by atoms with Crippen LogP contribution in [0.25, 0.3) is 10.4 Å². The van der Waals surface area contributed by atoms with Gasteiger partial charge in [-0.3, -0.25) is 0 Å². The Hall–Kier alpha value is -1.29. The molecule has 0 spiro atoms. The van der Waals surface area contributed by atoms with E-state index < -0.39 is 92.1 Å². The van der Waals surface area contributed by atoms with E-state index in [0.717, 1.165) is 0 Å². The highest BCUT2D eigenvalue weighted by Crippen LogP contribution is 2.30. The smallest absolute Gasteiger partial charge is 0.187 e. The van der Waals surface area contributed by atoms with Gasteiger partial charge >= 0.3 is 0 Å². The van der Waals surface area contributed by atoms with Crippen molar-refractivity contribution in [2.75, 3.05) is 13.1 Å². The van der Waals surface area contributed by atoms with Gasteiger partial charge in [-0.2, -0.15) is 0 Å². The fourth-order valence-corrected chi connectivity index (χ4v) is 4.11. The molecule has 0 aliphatic carbocycles. The fraction of sp³-hybridized carbons (Fsp3) is 1.00. The number of azide groups is 1. The zero-order valence-electron chi connectivity index (χ0n) is 18.5. The third kappa shape index (κ3) is 5.84. The molecule has 202 valence electrons. The minimum absolute atomic E-state index is 0.211. The van der Waals surface area contributed by atoms with Gasteiger partial charge < -0.3 is 77.3 Å². The Morgan fingerprint density at radius 3 is 1.80 bits per heavy atom. The summed E-state index contributed by atoms with van der Waals surface area (Å²) in [6.45, 7) is -0.533. The van der Waals surface area contributed by atoms with Gasteiger partial charge in [0, 0.05) is 11.5 Å². The first-order valence-electron chi connectivity index (χ1n) is 10.8. The van der Waals surface area contributed by atoms with Crippen molar-refractivity contribution < 1.29 is 54.3 Å². The summed E-state index contributed by atoms with van der Waals surface area (Å²) in [5, 5.41) is 65.0. The normalized spacial score (nSPS) is 51.0. The van der Waals surface area contributed by atoms with Gasteiger partial charge in [0.05, 0.1) is 24.8 Å². The van der Waals surface area contributed by atoms with E-state index in [9.17, 15) is 30.6 Å². The molecule has 0 saturated carbocycles. The molecular weight excluding hydrogens is 478 g/mol. The molecule has 0 radical (unpaired) electrons. The third-order valence-corrected chi connectivity index (χ3v) is 6.20. The minimum Gasteiger partial charge on any atom is -0.389 e. The number of nitrogens with two attached hydrogens (primary N) is 4. The van der Waals surface area contributed by atoms with E-state index in [-0.39, 0.29) is 13.1 Å². The van der Waals surface area contributed by atoms with Gasteiger partial charge in [0.2, 0.25) is 0 Å². The summed E-state index contributed by atoms with van der Waals surface area (Å²) in [4.78, 5) is 2.58. The molecule has 35 heavy (non-hydrogen) atoms. The molecule has 18 nitrogen and oxygen atoms in total. The van der Waals surface area contributed by atoms with Crippen LogP contribution in [0.1, 0.15) is 0 Å². The van der Waals surface area contributed by atoms with E-state index >= 15 is 0 Å². The summed E-state index contributed by atoms with van der Waals surface area (Å²) >= 11 is 0. The highest BCUT2D eigenvalue weighted by molar-refractivity contribution is 4.97. The molecule has 3 heterocycles. The van der Waals surface area contributed by atoms with Gasteiger partial charge in [-0.1, -0.05) is 5.11 Å². The molecule has 15 atom stereocenters. The van der Waals surface area contributed by atoms with Crippen LogP contribution in [0, 0.1) is 0 Å². The molecule has 6 unspecified atom stereocenters. The lowest BCUT2D eigenvalue weighted by atomic mass is 9.96. The van der Waals surface area contributed by atoms with Gasteiger partial charge in [-0.05, 0) is 5.53 Å². The SMILES string of the molecule is [N-]=[N+]=NCC1O[C@H](O[C@H]2C(O)[C@H](O[C@H]3OC(CN)[C@@H](O)[C@H](O)C3O)C(N)O[C@H]2N)C(O)[C@H](N)[C@@H]1O. The highest BCUT2D eigenvalue weighted by Gasteiger charge is 2.52. The summed E-state index contributed by atoms with van der Waals surface area (Å²) in [5.74, 6) is 0. The lowest BCUT2D eigenvalue weighted by Crippen LogP contribution is -2.69. The van der Waals surface area contributed by atoms with Crippen LogP contribution in [0.2, 0.25) is 0 Å². The van der Waals surface area contributed by atoms with Crippen LogP contribution in [0.5, 0.6) is 0 Å². The van der Waals surface area contributed by atoms with Crippen molar-refractivity contribution in [3.05, 3.63) is 10.4 Å². The van der Waals surface area contributed by atoms with Crippen molar-refractivity contribution in [1.29, 1.82) is 0 Å². The van der Waals surface area contributed by atoms with Gasteiger partial charge in [0.25, 0.3) is 0 Å². The van der Waals surface area contributed by atoms with E-state index in [2.05, 4.69) is 10.0 Å². The van der Waals surface area contributed by atoms with Gasteiger partial charge in [0.15, 0.2) is 12.6 Å². The zero-order chi connectivity index (χ0) is 26.0. The van der Waals surface area contributed by atoms with Gasteiger partial charge in [-0.15, -0.1) is 0 Å². The van der Waals surface area contributed by atoms with Crippen LogP contribution in [-0.2, 0) is 23.7 Å². The maximum atomic E-state index is 10.9. The van der Waals surface area contributed by atoms with Crippen molar-refractivity contribution in [3.63, 3.8) is 0 Å². The van der Waals surface area contributed by atoms with Crippen molar-refractivity contribution in [2.45, 2.75) is 92.1 Å². The van der Waals surface area contributed by atoms with Crippen LogP contribution in [0.15, 0.2) is 5.11 Å². The van der Waals surface area contributed by atoms with Gasteiger partial charge in [0.1, 0.15) is 61.3 Å². The first-order valence-corrected chi connectivity index (χ1v) is 10.8. The number of ether oxygens (including phenoxy) is 5. The molecule has 0 bridgehead atoms. The fourth-order valence-electron chi connectivity index (χ4n) is 4.11. The number of hydrogen-bond acceptors (Lipinski definition) is 16. The Morgan fingerprint density at radius 2 is 1.26 bits per heavy atom. The second kappa shape index (κ2) is 11.8. The third-order valence-electron chi connectivity index (χ3n) is 6.20. The maximum Gasteiger partial charge on any atom is 0.187 e. The number of aliphatic hydroxyl groups excluding tert-OH is 6. The predicted octanol–water partition coefficient (Wildman–Crippen LogP) is -6.43. The maximum absolute atomic E-state index is 10.9. The number of rotatable bonds is 7. The molecule has 0 aromatic carbocycles.